The van der Waals surface area contributed by atoms with Crippen LogP contribution in [0, 0.1) is 17.3 Å². The molecule has 2 aromatic rings. The van der Waals surface area contributed by atoms with Crippen LogP contribution in [0.4, 0.5) is 11.5 Å². The third-order valence-electron chi connectivity index (χ3n) is 8.09. The maximum absolute atomic E-state index is 14.3. The molecule has 1 heterocycles. The minimum absolute atomic E-state index is 0.0346. The third kappa shape index (κ3) is 3.98. The molecule has 34 heavy (non-hydrogen) atoms. The highest BCUT2D eigenvalue weighted by Crippen LogP contribution is 2.64. The fourth-order valence-electron chi connectivity index (χ4n) is 7.08. The standard InChI is InChI=1S/C26H33ClN4O3/c1-2-3-9-30(23(33)25-11-18-10-19(12-25)14-26(27,13-18)16-25)20-21(28)31(24(34)29-22(20)32)15-17-7-5-4-6-8-17/h4-8,18-19H,2-3,9-16,28H2,1H3,(H,29,32,34). The number of hydrogen-bond acceptors (Lipinski definition) is 4. The number of nitrogen functional groups attached to an aromatic ring is 1. The summed E-state index contributed by atoms with van der Waals surface area (Å²) in [7, 11) is 0. The first-order valence-corrected chi connectivity index (χ1v) is 12.8. The van der Waals surface area contributed by atoms with E-state index in [1.807, 2.05) is 37.3 Å². The van der Waals surface area contributed by atoms with E-state index in [0.717, 1.165) is 50.5 Å². The molecule has 2 atom stereocenters. The van der Waals surface area contributed by atoms with Crippen LogP contribution in [0.25, 0.3) is 0 Å². The highest BCUT2D eigenvalue weighted by Gasteiger charge is 2.61. The third-order valence-corrected chi connectivity index (χ3v) is 8.53. The quantitative estimate of drug-likeness (QED) is 0.582. The fraction of sp³-hybridized carbons (Fsp3) is 0.577. The van der Waals surface area contributed by atoms with Crippen molar-refractivity contribution in [1.29, 1.82) is 0 Å². The Morgan fingerprint density at radius 2 is 1.85 bits per heavy atom. The summed E-state index contributed by atoms with van der Waals surface area (Å²) in [5.74, 6) is 0.895. The van der Waals surface area contributed by atoms with E-state index in [1.54, 1.807) is 4.90 Å². The van der Waals surface area contributed by atoms with Gasteiger partial charge in [-0.1, -0.05) is 43.7 Å². The number of alkyl halides is 1. The van der Waals surface area contributed by atoms with Crippen LogP contribution in [0.15, 0.2) is 39.9 Å². The van der Waals surface area contributed by atoms with Gasteiger partial charge in [-0.05, 0) is 62.3 Å². The lowest BCUT2D eigenvalue weighted by atomic mass is 9.49. The van der Waals surface area contributed by atoms with Crippen molar-refractivity contribution in [3.8, 4) is 0 Å². The average Bonchev–Trinajstić information content (AvgIpc) is 2.77. The van der Waals surface area contributed by atoms with Crippen LogP contribution in [0.5, 0.6) is 0 Å². The molecule has 6 rings (SSSR count). The van der Waals surface area contributed by atoms with Gasteiger partial charge < -0.3 is 10.6 Å². The lowest BCUT2D eigenvalue weighted by Gasteiger charge is -2.59. The number of carbonyl (C=O) groups excluding carboxylic acids is 1. The topological polar surface area (TPSA) is 101 Å². The van der Waals surface area contributed by atoms with Gasteiger partial charge in [0.2, 0.25) is 5.91 Å². The van der Waals surface area contributed by atoms with E-state index in [2.05, 4.69) is 4.98 Å². The summed E-state index contributed by atoms with van der Waals surface area (Å²) in [4.78, 5) is 43.7. The zero-order chi connectivity index (χ0) is 24.1. The SMILES string of the molecule is CCCCN(C(=O)C12CC3CC(CC(Cl)(C3)C1)C2)c1c(N)n(Cc2ccccc2)c(=O)[nH]c1=O. The molecule has 4 aliphatic carbocycles. The van der Waals surface area contributed by atoms with Crippen molar-refractivity contribution in [2.75, 3.05) is 17.2 Å². The number of carbonyl (C=O) groups is 1. The van der Waals surface area contributed by atoms with E-state index < -0.39 is 16.7 Å². The molecule has 3 N–H and O–H groups in total. The number of anilines is 2. The van der Waals surface area contributed by atoms with Gasteiger partial charge in [-0.25, -0.2) is 4.79 Å². The lowest BCUT2D eigenvalue weighted by Crippen LogP contribution is -2.60. The predicted octanol–water partition coefficient (Wildman–Crippen LogP) is 3.88. The predicted molar refractivity (Wildman–Crippen MR) is 134 cm³/mol. The average molecular weight is 485 g/mol. The molecule has 4 saturated carbocycles. The van der Waals surface area contributed by atoms with Crippen LogP contribution in [0.1, 0.15) is 63.9 Å². The summed E-state index contributed by atoms with van der Waals surface area (Å²) >= 11 is 7.01. The van der Waals surface area contributed by atoms with Crippen LogP contribution in [-0.4, -0.2) is 26.9 Å². The number of hydrogen-bond donors (Lipinski definition) is 2. The van der Waals surface area contributed by atoms with E-state index >= 15 is 0 Å². The second-order valence-corrected chi connectivity index (χ2v) is 11.6. The van der Waals surface area contributed by atoms with Crippen molar-refractivity contribution in [2.45, 2.75) is 69.7 Å². The molecule has 2 unspecified atom stereocenters. The molecule has 0 saturated heterocycles. The van der Waals surface area contributed by atoms with Gasteiger partial charge in [-0.2, -0.15) is 0 Å². The van der Waals surface area contributed by atoms with Gasteiger partial charge in [-0.3, -0.25) is 19.1 Å². The van der Waals surface area contributed by atoms with Gasteiger partial charge in [0.15, 0.2) is 5.69 Å². The van der Waals surface area contributed by atoms with Crippen LogP contribution in [0.3, 0.4) is 0 Å². The van der Waals surface area contributed by atoms with E-state index in [4.69, 9.17) is 17.3 Å². The number of nitrogens with zero attached hydrogens (tertiary/aromatic N) is 2. The first kappa shape index (κ1) is 23.2. The number of aromatic amines is 1. The lowest BCUT2D eigenvalue weighted by molar-refractivity contribution is -0.141. The largest absolute Gasteiger partial charge is 0.383 e. The van der Waals surface area contributed by atoms with Crippen LogP contribution >= 0.6 is 11.6 Å². The zero-order valence-corrected chi connectivity index (χ0v) is 20.4. The van der Waals surface area contributed by atoms with Gasteiger partial charge in [0, 0.05) is 11.4 Å². The van der Waals surface area contributed by atoms with Crippen molar-refractivity contribution in [3.63, 3.8) is 0 Å². The molecule has 1 amide bonds. The molecule has 4 fully saturated rings. The van der Waals surface area contributed by atoms with Crippen LogP contribution < -0.4 is 21.9 Å². The van der Waals surface area contributed by atoms with Gasteiger partial charge in [0.05, 0.1) is 12.0 Å². The minimum atomic E-state index is -0.610. The summed E-state index contributed by atoms with van der Waals surface area (Å²) in [6.45, 7) is 2.65. The molecule has 0 aliphatic heterocycles. The second kappa shape index (κ2) is 8.59. The minimum Gasteiger partial charge on any atom is -0.383 e. The summed E-state index contributed by atoms with van der Waals surface area (Å²) in [6.07, 6.45) is 6.97. The Kier molecular flexibility index (Phi) is 5.87. The normalized spacial score (nSPS) is 29.4. The number of nitrogens with two attached hydrogens (primary N) is 1. The molecule has 4 bridgehead atoms. The smallest absolute Gasteiger partial charge is 0.330 e. The highest BCUT2D eigenvalue weighted by atomic mass is 35.5. The Morgan fingerprint density at radius 3 is 2.47 bits per heavy atom. The maximum atomic E-state index is 14.3. The Labute approximate surface area is 204 Å². The summed E-state index contributed by atoms with van der Waals surface area (Å²) in [5.41, 5.74) is 5.71. The second-order valence-electron chi connectivity index (χ2n) is 10.8. The van der Waals surface area contributed by atoms with Crippen molar-refractivity contribution in [2.24, 2.45) is 17.3 Å². The van der Waals surface area contributed by atoms with Gasteiger partial charge in [0.25, 0.3) is 5.56 Å². The molecule has 8 heteroatoms. The molecule has 0 radical (unpaired) electrons. The first-order valence-electron chi connectivity index (χ1n) is 12.4. The number of rotatable bonds is 7. The number of unbranched alkanes of at least 4 members (excludes halogenated alkanes) is 1. The Balaban J connectivity index is 1.56. The Morgan fingerprint density at radius 1 is 1.18 bits per heavy atom. The molecule has 7 nitrogen and oxygen atoms in total. The van der Waals surface area contributed by atoms with Gasteiger partial charge >= 0.3 is 5.69 Å². The maximum Gasteiger partial charge on any atom is 0.330 e. The number of halogens is 1. The molecule has 1 aromatic heterocycles. The number of aromatic nitrogens is 2. The Hall–Kier alpha value is -2.54. The van der Waals surface area contributed by atoms with Crippen molar-refractivity contribution in [3.05, 3.63) is 56.7 Å². The molecule has 4 aliphatic rings. The van der Waals surface area contributed by atoms with E-state index in [1.165, 1.54) is 4.57 Å². The fourth-order valence-corrected chi connectivity index (χ4v) is 7.77. The van der Waals surface area contributed by atoms with E-state index in [9.17, 15) is 14.4 Å². The van der Waals surface area contributed by atoms with E-state index in [-0.39, 0.29) is 28.8 Å². The monoisotopic (exact) mass is 484 g/mol. The van der Waals surface area contributed by atoms with Gasteiger partial charge in [0.1, 0.15) is 5.82 Å². The number of amides is 1. The summed E-state index contributed by atoms with van der Waals surface area (Å²) in [5, 5.41) is 0. The van der Waals surface area contributed by atoms with Crippen molar-refractivity contribution < 1.29 is 4.79 Å². The molecular weight excluding hydrogens is 452 g/mol. The summed E-state index contributed by atoms with van der Waals surface area (Å²) in [6, 6.07) is 9.46. The highest BCUT2D eigenvalue weighted by molar-refractivity contribution is 6.24. The number of H-pyrrole nitrogens is 1. The number of benzene rings is 1. The van der Waals surface area contributed by atoms with Crippen molar-refractivity contribution >= 4 is 29.0 Å². The zero-order valence-electron chi connectivity index (χ0n) is 19.7. The molecule has 182 valence electrons. The molecular formula is C26H33ClN4O3. The van der Waals surface area contributed by atoms with Gasteiger partial charge in [-0.15, -0.1) is 11.6 Å². The molecule has 0 spiro atoms. The first-order chi connectivity index (χ1) is 16.2. The van der Waals surface area contributed by atoms with Crippen LogP contribution in [0.2, 0.25) is 0 Å². The van der Waals surface area contributed by atoms with Crippen LogP contribution in [-0.2, 0) is 11.3 Å². The summed E-state index contributed by atoms with van der Waals surface area (Å²) < 4.78 is 1.35. The van der Waals surface area contributed by atoms with Crippen molar-refractivity contribution in [1.82, 2.24) is 9.55 Å². The van der Waals surface area contributed by atoms with E-state index in [0.29, 0.717) is 24.8 Å². The molecule has 1 aromatic carbocycles. The Bertz CT molecular complexity index is 1190. The number of nitrogens with one attached hydrogen (secondary N) is 1.